The Hall–Kier alpha value is -2.82. The summed E-state index contributed by atoms with van der Waals surface area (Å²) in [6, 6.07) is 16.2. The number of nitrogens with zero attached hydrogens (tertiary/aromatic N) is 2. The Morgan fingerprint density at radius 1 is 1.07 bits per heavy atom. The van der Waals surface area contributed by atoms with Crippen LogP contribution in [0.2, 0.25) is 0 Å². The first-order chi connectivity index (χ1) is 13.1. The van der Waals surface area contributed by atoms with E-state index in [2.05, 4.69) is 46.7 Å². The lowest BCUT2D eigenvalue weighted by molar-refractivity contribution is -0.119. The molecule has 0 saturated heterocycles. The number of hydrogen-bond acceptors (Lipinski definition) is 4. The van der Waals surface area contributed by atoms with E-state index in [1.807, 2.05) is 43.3 Å². The van der Waals surface area contributed by atoms with Crippen molar-refractivity contribution in [3.8, 4) is 0 Å². The molecule has 0 aliphatic rings. The van der Waals surface area contributed by atoms with Crippen molar-refractivity contribution in [3.05, 3.63) is 59.7 Å². The van der Waals surface area contributed by atoms with E-state index in [1.54, 1.807) is 6.21 Å². The second kappa shape index (κ2) is 11.0. The van der Waals surface area contributed by atoms with Crippen molar-refractivity contribution in [1.29, 1.82) is 0 Å². The fourth-order valence-electron chi connectivity index (χ4n) is 2.84. The Balaban J connectivity index is 1.82. The van der Waals surface area contributed by atoms with Crippen molar-refractivity contribution in [2.24, 2.45) is 5.10 Å². The molecule has 0 bridgehead atoms. The second-order valence-corrected chi connectivity index (χ2v) is 6.59. The molecule has 1 amide bonds. The molecule has 5 nitrogen and oxygen atoms in total. The second-order valence-electron chi connectivity index (χ2n) is 6.59. The highest BCUT2D eigenvalue weighted by atomic mass is 16.2. The molecule has 144 valence electrons. The van der Waals surface area contributed by atoms with Gasteiger partial charge < -0.3 is 10.2 Å². The Bertz CT molecular complexity index is 734. The lowest BCUT2D eigenvalue weighted by Gasteiger charge is -2.23. The highest BCUT2D eigenvalue weighted by Gasteiger charge is 2.04. The van der Waals surface area contributed by atoms with Crippen LogP contribution in [0.3, 0.4) is 0 Å². The molecular weight excluding hydrogens is 336 g/mol. The molecule has 0 aromatic heterocycles. The van der Waals surface area contributed by atoms with Crippen LogP contribution in [0.15, 0.2) is 53.6 Å². The summed E-state index contributed by atoms with van der Waals surface area (Å²) in [4.78, 5) is 14.3. The van der Waals surface area contributed by atoms with Gasteiger partial charge in [0.05, 0.1) is 12.8 Å². The molecule has 0 heterocycles. The normalized spacial score (nSPS) is 10.8. The number of hydrazone groups is 1. The van der Waals surface area contributed by atoms with E-state index in [0.29, 0.717) is 0 Å². The summed E-state index contributed by atoms with van der Waals surface area (Å²) in [6.45, 7) is 8.71. The fourth-order valence-corrected chi connectivity index (χ4v) is 2.84. The molecule has 2 N–H and O–H groups in total. The molecule has 0 radical (unpaired) electrons. The number of nitrogens with one attached hydrogen (secondary N) is 2. The van der Waals surface area contributed by atoms with Crippen molar-refractivity contribution >= 4 is 23.5 Å². The van der Waals surface area contributed by atoms with Crippen LogP contribution in [-0.2, 0) is 4.79 Å². The topological polar surface area (TPSA) is 56.7 Å². The van der Waals surface area contributed by atoms with Crippen LogP contribution in [0.1, 0.15) is 37.8 Å². The first-order valence-corrected chi connectivity index (χ1v) is 9.59. The summed E-state index contributed by atoms with van der Waals surface area (Å²) in [7, 11) is 0. The van der Waals surface area contributed by atoms with E-state index in [0.717, 1.165) is 42.7 Å². The SMILES string of the molecule is CCCN(CCC)c1ccc(/C=N/NC(=O)CNc2cccc(C)c2)cc1. The summed E-state index contributed by atoms with van der Waals surface area (Å²) in [6.07, 6.45) is 3.93. The molecule has 0 spiro atoms. The van der Waals surface area contributed by atoms with Crippen LogP contribution >= 0.6 is 0 Å². The predicted octanol–water partition coefficient (Wildman–Crippen LogP) is 4.18. The van der Waals surface area contributed by atoms with Crippen molar-refractivity contribution in [2.75, 3.05) is 29.9 Å². The number of amides is 1. The first kappa shape index (κ1) is 20.5. The third-order valence-corrected chi connectivity index (χ3v) is 4.12. The average Bonchev–Trinajstić information content (AvgIpc) is 2.67. The Kier molecular flexibility index (Phi) is 8.36. The summed E-state index contributed by atoms with van der Waals surface area (Å²) in [5, 5.41) is 7.13. The lowest BCUT2D eigenvalue weighted by Crippen LogP contribution is -2.26. The molecule has 0 aliphatic heterocycles. The molecule has 5 heteroatoms. The van der Waals surface area contributed by atoms with Crippen molar-refractivity contribution in [3.63, 3.8) is 0 Å². The zero-order valence-corrected chi connectivity index (χ0v) is 16.5. The standard InChI is InChI=1S/C22H30N4O/c1-4-13-26(14-5-2)21-11-9-19(10-12-21)16-24-25-22(27)17-23-20-8-6-7-18(3)15-20/h6-12,15-16,23H,4-5,13-14,17H2,1-3H3,(H,25,27)/b24-16+. The van der Waals surface area contributed by atoms with Gasteiger partial charge >= 0.3 is 0 Å². The van der Waals surface area contributed by atoms with Crippen LogP contribution in [0, 0.1) is 6.92 Å². The minimum Gasteiger partial charge on any atom is -0.376 e. The highest BCUT2D eigenvalue weighted by molar-refractivity contribution is 5.84. The van der Waals surface area contributed by atoms with Crippen molar-refractivity contribution < 1.29 is 4.79 Å². The monoisotopic (exact) mass is 366 g/mol. The summed E-state index contributed by atoms with van der Waals surface area (Å²) < 4.78 is 0. The number of carbonyl (C=O) groups excluding carboxylic acids is 1. The number of aryl methyl sites for hydroxylation is 1. The van der Waals surface area contributed by atoms with Gasteiger partial charge in [-0.15, -0.1) is 0 Å². The van der Waals surface area contributed by atoms with Crippen molar-refractivity contribution in [1.82, 2.24) is 5.43 Å². The van der Waals surface area contributed by atoms with Gasteiger partial charge in [0.15, 0.2) is 0 Å². The molecule has 0 unspecified atom stereocenters. The number of benzene rings is 2. The van der Waals surface area contributed by atoms with Gasteiger partial charge in [0.2, 0.25) is 0 Å². The number of anilines is 2. The van der Waals surface area contributed by atoms with E-state index in [4.69, 9.17) is 0 Å². The Morgan fingerprint density at radius 2 is 1.78 bits per heavy atom. The van der Waals surface area contributed by atoms with Gasteiger partial charge in [0.25, 0.3) is 5.91 Å². The van der Waals surface area contributed by atoms with Gasteiger partial charge in [0.1, 0.15) is 0 Å². The maximum absolute atomic E-state index is 11.9. The smallest absolute Gasteiger partial charge is 0.259 e. The predicted molar refractivity (Wildman–Crippen MR) is 115 cm³/mol. The zero-order valence-electron chi connectivity index (χ0n) is 16.5. The largest absolute Gasteiger partial charge is 0.376 e. The molecule has 2 aromatic carbocycles. The first-order valence-electron chi connectivity index (χ1n) is 9.59. The molecule has 0 saturated carbocycles. The van der Waals surface area contributed by atoms with E-state index in [1.165, 1.54) is 5.69 Å². The van der Waals surface area contributed by atoms with Crippen LogP contribution in [-0.4, -0.2) is 31.8 Å². The Labute approximate surface area is 162 Å². The third kappa shape index (κ3) is 7.13. The van der Waals surface area contributed by atoms with E-state index >= 15 is 0 Å². The zero-order chi connectivity index (χ0) is 19.5. The third-order valence-electron chi connectivity index (χ3n) is 4.12. The summed E-state index contributed by atoms with van der Waals surface area (Å²) in [5.41, 5.74) is 6.81. The quantitative estimate of drug-likeness (QED) is 0.490. The van der Waals surface area contributed by atoms with Crippen molar-refractivity contribution in [2.45, 2.75) is 33.6 Å². The molecular formula is C22H30N4O. The summed E-state index contributed by atoms with van der Waals surface area (Å²) >= 11 is 0. The maximum atomic E-state index is 11.9. The van der Waals surface area contributed by atoms with Crippen LogP contribution in [0.25, 0.3) is 0 Å². The Morgan fingerprint density at radius 3 is 2.41 bits per heavy atom. The van der Waals surface area contributed by atoms with Crippen LogP contribution < -0.4 is 15.6 Å². The van der Waals surface area contributed by atoms with Gasteiger partial charge in [-0.2, -0.15) is 5.10 Å². The van der Waals surface area contributed by atoms with Gasteiger partial charge in [-0.05, 0) is 55.2 Å². The lowest BCUT2D eigenvalue weighted by atomic mass is 10.2. The van der Waals surface area contributed by atoms with E-state index in [-0.39, 0.29) is 12.5 Å². The van der Waals surface area contributed by atoms with Crippen LogP contribution in [0.4, 0.5) is 11.4 Å². The molecule has 2 rings (SSSR count). The van der Waals surface area contributed by atoms with E-state index in [9.17, 15) is 4.79 Å². The van der Waals surface area contributed by atoms with Gasteiger partial charge in [0, 0.05) is 24.5 Å². The minimum atomic E-state index is -0.179. The van der Waals surface area contributed by atoms with Gasteiger partial charge in [-0.25, -0.2) is 5.43 Å². The van der Waals surface area contributed by atoms with E-state index < -0.39 is 0 Å². The molecule has 2 aromatic rings. The highest BCUT2D eigenvalue weighted by Crippen LogP contribution is 2.15. The number of carbonyl (C=O) groups is 1. The molecule has 27 heavy (non-hydrogen) atoms. The van der Waals surface area contributed by atoms with Gasteiger partial charge in [-0.1, -0.05) is 38.1 Å². The average molecular weight is 367 g/mol. The number of hydrogen-bond donors (Lipinski definition) is 2. The maximum Gasteiger partial charge on any atom is 0.259 e. The van der Waals surface area contributed by atoms with Crippen LogP contribution in [0.5, 0.6) is 0 Å². The molecule has 0 aliphatic carbocycles. The molecule has 0 atom stereocenters. The minimum absolute atomic E-state index is 0.179. The van der Waals surface area contributed by atoms with Gasteiger partial charge in [-0.3, -0.25) is 4.79 Å². The summed E-state index contributed by atoms with van der Waals surface area (Å²) in [5.74, 6) is -0.179. The number of rotatable bonds is 10. The fraction of sp³-hybridized carbons (Fsp3) is 0.364. The molecule has 0 fully saturated rings.